The minimum Gasteiger partial charge on any atom is -0.0622 e. The van der Waals surface area contributed by atoms with Gasteiger partial charge in [-0.15, -0.1) is 0 Å². The van der Waals surface area contributed by atoms with Crippen molar-refractivity contribution in [3.05, 3.63) is 0 Å². The third-order valence-electron chi connectivity index (χ3n) is 7.11. The molecule has 0 amide bonds. The van der Waals surface area contributed by atoms with Gasteiger partial charge in [0.25, 0.3) is 0 Å². The lowest BCUT2D eigenvalue weighted by Gasteiger charge is -2.43. The van der Waals surface area contributed by atoms with Crippen molar-refractivity contribution in [1.82, 2.24) is 0 Å². The Labute approximate surface area is 114 Å². The Kier molecular flexibility index (Phi) is 3.49. The highest BCUT2D eigenvalue weighted by molar-refractivity contribution is 4.99. The Hall–Kier alpha value is 0. The second kappa shape index (κ2) is 4.84. The maximum absolute atomic E-state index is 2.62. The van der Waals surface area contributed by atoms with E-state index in [9.17, 15) is 0 Å². The summed E-state index contributed by atoms with van der Waals surface area (Å²) in [5.74, 6) is 5.27. The minimum absolute atomic E-state index is 0.627. The van der Waals surface area contributed by atoms with Gasteiger partial charge in [-0.2, -0.15) is 0 Å². The number of hydrogen-bond donors (Lipinski definition) is 0. The maximum Gasteiger partial charge on any atom is -0.0295 e. The summed E-state index contributed by atoms with van der Waals surface area (Å²) in [6.45, 7) is 7.79. The van der Waals surface area contributed by atoms with Crippen LogP contribution in [0.4, 0.5) is 0 Å². The SMILES string of the molecule is CC1CC(C(C)(C)C2CCCC2)C2CCCCC12. The van der Waals surface area contributed by atoms with E-state index in [0.717, 1.165) is 29.6 Å². The Balaban J connectivity index is 1.78. The molecule has 0 heterocycles. The van der Waals surface area contributed by atoms with Crippen LogP contribution in [0.15, 0.2) is 0 Å². The van der Waals surface area contributed by atoms with Crippen molar-refractivity contribution in [1.29, 1.82) is 0 Å². The Bertz CT molecular complexity index is 284. The molecule has 3 rings (SSSR count). The zero-order valence-electron chi connectivity index (χ0n) is 12.8. The van der Waals surface area contributed by atoms with Gasteiger partial charge in [0.15, 0.2) is 0 Å². The van der Waals surface area contributed by atoms with E-state index in [0.29, 0.717) is 5.41 Å². The molecule has 4 unspecified atom stereocenters. The molecule has 0 N–H and O–H groups in total. The molecular weight excluding hydrogens is 216 g/mol. The average Bonchev–Trinajstić information content (AvgIpc) is 2.98. The van der Waals surface area contributed by atoms with Crippen LogP contribution >= 0.6 is 0 Å². The van der Waals surface area contributed by atoms with E-state index in [2.05, 4.69) is 20.8 Å². The first-order chi connectivity index (χ1) is 8.60. The van der Waals surface area contributed by atoms with Crippen LogP contribution in [0.5, 0.6) is 0 Å². The Morgan fingerprint density at radius 3 is 2.00 bits per heavy atom. The standard InChI is InChI=1S/C18H32/c1-13-12-17(16-11-7-6-10-15(13)16)18(2,3)14-8-4-5-9-14/h13-17H,4-12H2,1-3H3. The lowest BCUT2D eigenvalue weighted by Crippen LogP contribution is -2.35. The van der Waals surface area contributed by atoms with Gasteiger partial charge < -0.3 is 0 Å². The van der Waals surface area contributed by atoms with Crippen LogP contribution in [-0.4, -0.2) is 0 Å². The van der Waals surface area contributed by atoms with Gasteiger partial charge in [0.05, 0.1) is 0 Å². The molecule has 3 fully saturated rings. The van der Waals surface area contributed by atoms with Gasteiger partial charge in [-0.05, 0) is 67.1 Å². The molecule has 0 nitrogen and oxygen atoms in total. The maximum atomic E-state index is 2.62. The summed E-state index contributed by atoms with van der Waals surface area (Å²) < 4.78 is 0. The first-order valence-electron chi connectivity index (χ1n) is 8.60. The van der Waals surface area contributed by atoms with Crippen molar-refractivity contribution < 1.29 is 0 Å². The molecule has 0 saturated heterocycles. The molecule has 0 aromatic heterocycles. The molecule has 0 aromatic rings. The Morgan fingerprint density at radius 2 is 1.33 bits per heavy atom. The molecule has 3 aliphatic carbocycles. The predicted octanol–water partition coefficient (Wildman–Crippen LogP) is 5.67. The highest BCUT2D eigenvalue weighted by Crippen LogP contribution is 2.58. The van der Waals surface area contributed by atoms with Crippen molar-refractivity contribution in [3.8, 4) is 0 Å². The average molecular weight is 248 g/mol. The van der Waals surface area contributed by atoms with Crippen molar-refractivity contribution in [3.63, 3.8) is 0 Å². The first-order valence-corrected chi connectivity index (χ1v) is 8.60. The summed E-state index contributed by atoms with van der Waals surface area (Å²) in [4.78, 5) is 0. The molecule has 0 aromatic carbocycles. The normalized spacial score (nSPS) is 42.2. The largest absolute Gasteiger partial charge is 0.0622 e. The fourth-order valence-electron chi connectivity index (χ4n) is 5.97. The van der Waals surface area contributed by atoms with Gasteiger partial charge in [-0.25, -0.2) is 0 Å². The molecule has 0 radical (unpaired) electrons. The molecule has 0 bridgehead atoms. The van der Waals surface area contributed by atoms with Crippen molar-refractivity contribution in [2.45, 2.75) is 78.6 Å². The van der Waals surface area contributed by atoms with E-state index >= 15 is 0 Å². The second-order valence-electron chi connectivity index (χ2n) is 8.23. The molecule has 0 heteroatoms. The van der Waals surface area contributed by atoms with Crippen LogP contribution in [0.3, 0.4) is 0 Å². The zero-order chi connectivity index (χ0) is 12.8. The van der Waals surface area contributed by atoms with E-state index in [4.69, 9.17) is 0 Å². The number of hydrogen-bond acceptors (Lipinski definition) is 0. The van der Waals surface area contributed by atoms with E-state index in [1.807, 2.05) is 0 Å². The second-order valence-corrected chi connectivity index (χ2v) is 8.23. The van der Waals surface area contributed by atoms with Gasteiger partial charge >= 0.3 is 0 Å². The summed E-state index contributed by atoms with van der Waals surface area (Å²) in [6, 6.07) is 0. The van der Waals surface area contributed by atoms with E-state index in [-0.39, 0.29) is 0 Å². The zero-order valence-corrected chi connectivity index (χ0v) is 12.8. The number of rotatable bonds is 2. The van der Waals surface area contributed by atoms with Gasteiger partial charge in [0.1, 0.15) is 0 Å². The molecule has 0 aliphatic heterocycles. The molecule has 18 heavy (non-hydrogen) atoms. The number of fused-ring (bicyclic) bond motifs is 1. The van der Waals surface area contributed by atoms with Crippen molar-refractivity contribution in [2.75, 3.05) is 0 Å². The summed E-state index contributed by atoms with van der Waals surface area (Å²) in [5, 5.41) is 0. The third kappa shape index (κ3) is 2.04. The van der Waals surface area contributed by atoms with E-state index in [1.165, 1.54) is 38.5 Å². The predicted molar refractivity (Wildman–Crippen MR) is 78.5 cm³/mol. The lowest BCUT2D eigenvalue weighted by atomic mass is 9.62. The molecule has 104 valence electrons. The highest BCUT2D eigenvalue weighted by Gasteiger charge is 2.50. The summed E-state index contributed by atoms with van der Waals surface area (Å²) in [5.41, 5.74) is 0.627. The van der Waals surface area contributed by atoms with Crippen LogP contribution in [0.1, 0.15) is 78.6 Å². The van der Waals surface area contributed by atoms with Crippen molar-refractivity contribution in [2.24, 2.45) is 35.0 Å². The van der Waals surface area contributed by atoms with Crippen LogP contribution in [0.2, 0.25) is 0 Å². The molecule has 3 saturated carbocycles. The summed E-state index contributed by atoms with van der Waals surface area (Å²) in [6.07, 6.45) is 13.7. The van der Waals surface area contributed by atoms with Crippen LogP contribution < -0.4 is 0 Å². The Morgan fingerprint density at radius 1 is 0.778 bits per heavy atom. The van der Waals surface area contributed by atoms with Gasteiger partial charge in [0, 0.05) is 0 Å². The minimum atomic E-state index is 0.627. The van der Waals surface area contributed by atoms with Gasteiger partial charge in [-0.1, -0.05) is 46.5 Å². The quantitative estimate of drug-likeness (QED) is 0.591. The van der Waals surface area contributed by atoms with Crippen LogP contribution in [0, 0.1) is 35.0 Å². The summed E-state index contributed by atoms with van der Waals surface area (Å²) >= 11 is 0. The molecular formula is C18H32. The molecule has 3 aliphatic rings. The molecule has 4 atom stereocenters. The van der Waals surface area contributed by atoms with Crippen LogP contribution in [0.25, 0.3) is 0 Å². The van der Waals surface area contributed by atoms with Gasteiger partial charge in [-0.3, -0.25) is 0 Å². The smallest absolute Gasteiger partial charge is 0.0295 e. The van der Waals surface area contributed by atoms with Gasteiger partial charge in [0.2, 0.25) is 0 Å². The van der Waals surface area contributed by atoms with Crippen LogP contribution in [-0.2, 0) is 0 Å². The van der Waals surface area contributed by atoms with E-state index < -0.39 is 0 Å². The third-order valence-corrected chi connectivity index (χ3v) is 7.11. The fourth-order valence-corrected chi connectivity index (χ4v) is 5.97. The topological polar surface area (TPSA) is 0 Å². The monoisotopic (exact) mass is 248 g/mol. The van der Waals surface area contributed by atoms with E-state index in [1.54, 1.807) is 19.3 Å². The fraction of sp³-hybridized carbons (Fsp3) is 1.00. The summed E-state index contributed by atoms with van der Waals surface area (Å²) in [7, 11) is 0. The molecule has 0 spiro atoms. The highest BCUT2D eigenvalue weighted by atomic mass is 14.5. The van der Waals surface area contributed by atoms with Crippen molar-refractivity contribution >= 4 is 0 Å². The lowest BCUT2D eigenvalue weighted by molar-refractivity contribution is 0.0624. The first kappa shape index (κ1) is 13.0.